The molecule has 0 amide bonds. The third kappa shape index (κ3) is 2.93. The van der Waals surface area contributed by atoms with Crippen molar-refractivity contribution < 1.29 is 5.11 Å². The van der Waals surface area contributed by atoms with Crippen LogP contribution in [0.25, 0.3) is 0 Å². The number of nitrogens with zero attached hydrogens (tertiary/aromatic N) is 1. The lowest BCUT2D eigenvalue weighted by Gasteiger charge is -2.41. The zero-order chi connectivity index (χ0) is 13.1. The first-order chi connectivity index (χ1) is 8.61. The van der Waals surface area contributed by atoms with Crippen LogP contribution >= 0.6 is 0 Å². The van der Waals surface area contributed by atoms with Crippen molar-refractivity contribution in [2.45, 2.75) is 45.7 Å². The van der Waals surface area contributed by atoms with Crippen LogP contribution in [-0.2, 0) is 0 Å². The maximum atomic E-state index is 9.55. The Hall–Kier alpha value is -0.860. The zero-order valence-corrected chi connectivity index (χ0v) is 11.8. The van der Waals surface area contributed by atoms with Crippen molar-refractivity contribution in [3.8, 4) is 0 Å². The van der Waals surface area contributed by atoms with Crippen molar-refractivity contribution in [2.75, 3.05) is 13.2 Å². The summed E-state index contributed by atoms with van der Waals surface area (Å²) < 4.78 is 0. The summed E-state index contributed by atoms with van der Waals surface area (Å²) in [5.41, 5.74) is 2.66. The fourth-order valence-corrected chi connectivity index (χ4v) is 2.95. The van der Waals surface area contributed by atoms with Crippen molar-refractivity contribution in [1.29, 1.82) is 0 Å². The highest BCUT2D eigenvalue weighted by atomic mass is 16.3. The maximum Gasteiger partial charge on any atom is 0.0587 e. The van der Waals surface area contributed by atoms with E-state index in [1.54, 1.807) is 0 Å². The van der Waals surface area contributed by atoms with E-state index in [4.69, 9.17) is 0 Å². The number of aliphatic hydroxyl groups is 1. The van der Waals surface area contributed by atoms with E-state index in [1.807, 2.05) is 0 Å². The topological polar surface area (TPSA) is 23.5 Å². The van der Waals surface area contributed by atoms with E-state index >= 15 is 0 Å². The number of benzene rings is 1. The Morgan fingerprint density at radius 1 is 1.28 bits per heavy atom. The van der Waals surface area contributed by atoms with Gasteiger partial charge in [-0.15, -0.1) is 0 Å². The Balaban J connectivity index is 2.14. The number of aryl methyl sites for hydroxylation is 1. The maximum absolute atomic E-state index is 9.55. The smallest absolute Gasteiger partial charge is 0.0587 e. The molecule has 0 saturated carbocycles. The zero-order valence-electron chi connectivity index (χ0n) is 11.8. The van der Waals surface area contributed by atoms with E-state index in [0.717, 1.165) is 18.9 Å². The molecule has 1 aliphatic heterocycles. The number of hydrogen-bond acceptors (Lipinski definition) is 2. The van der Waals surface area contributed by atoms with Crippen molar-refractivity contribution in [1.82, 2.24) is 4.90 Å². The van der Waals surface area contributed by atoms with Gasteiger partial charge in [-0.1, -0.05) is 36.8 Å². The summed E-state index contributed by atoms with van der Waals surface area (Å²) in [6.07, 6.45) is 2.36. The van der Waals surface area contributed by atoms with Gasteiger partial charge in [-0.3, -0.25) is 4.90 Å². The predicted octanol–water partition coefficient (Wildman–Crippen LogP) is 3.15. The minimum absolute atomic E-state index is 0.281. The minimum Gasteiger partial charge on any atom is -0.395 e. The average Bonchev–Trinajstić information content (AvgIpc) is 2.39. The van der Waals surface area contributed by atoms with Crippen molar-refractivity contribution in [2.24, 2.45) is 5.92 Å². The molecule has 3 atom stereocenters. The fraction of sp³-hybridized carbons (Fsp3) is 0.625. The molecular weight excluding hydrogens is 222 g/mol. The summed E-state index contributed by atoms with van der Waals surface area (Å²) in [7, 11) is 0. The molecule has 0 radical (unpaired) electrons. The third-order valence-corrected chi connectivity index (χ3v) is 4.25. The van der Waals surface area contributed by atoms with Crippen LogP contribution in [0.5, 0.6) is 0 Å². The van der Waals surface area contributed by atoms with Crippen LogP contribution in [0.1, 0.15) is 43.9 Å². The van der Waals surface area contributed by atoms with Gasteiger partial charge in [-0.25, -0.2) is 0 Å². The molecule has 2 heteroatoms. The predicted molar refractivity (Wildman–Crippen MR) is 75.6 cm³/mol. The van der Waals surface area contributed by atoms with Gasteiger partial charge in [0.1, 0.15) is 0 Å². The highest BCUT2D eigenvalue weighted by Crippen LogP contribution is 2.30. The number of likely N-dealkylation sites (tertiary alicyclic amines) is 1. The molecule has 1 N–H and O–H groups in total. The molecule has 0 aliphatic carbocycles. The molecule has 2 rings (SSSR count). The van der Waals surface area contributed by atoms with Gasteiger partial charge in [0.15, 0.2) is 0 Å². The van der Waals surface area contributed by atoms with Gasteiger partial charge in [-0.05, 0) is 38.2 Å². The van der Waals surface area contributed by atoms with E-state index in [9.17, 15) is 5.11 Å². The lowest BCUT2D eigenvalue weighted by molar-refractivity contribution is 0.0379. The van der Waals surface area contributed by atoms with Crippen LogP contribution in [-0.4, -0.2) is 29.2 Å². The van der Waals surface area contributed by atoms with Crippen LogP contribution in [0.15, 0.2) is 24.3 Å². The summed E-state index contributed by atoms with van der Waals surface area (Å²) in [6, 6.07) is 9.50. The number of hydrogen-bond donors (Lipinski definition) is 1. The second-order valence-electron chi connectivity index (χ2n) is 5.80. The van der Waals surface area contributed by atoms with Gasteiger partial charge in [0.2, 0.25) is 0 Å². The molecule has 0 aromatic heterocycles. The largest absolute Gasteiger partial charge is 0.395 e. The highest BCUT2D eigenvalue weighted by Gasteiger charge is 2.29. The quantitative estimate of drug-likeness (QED) is 0.887. The first kappa shape index (κ1) is 13.6. The van der Waals surface area contributed by atoms with E-state index < -0.39 is 0 Å². The number of piperidine rings is 1. The average molecular weight is 247 g/mol. The number of rotatable bonds is 3. The molecule has 1 heterocycles. The second-order valence-corrected chi connectivity index (χ2v) is 5.80. The van der Waals surface area contributed by atoms with Crippen molar-refractivity contribution >= 4 is 0 Å². The Bertz CT molecular complexity index is 373. The first-order valence-corrected chi connectivity index (χ1v) is 7.05. The molecule has 1 aromatic carbocycles. The Kier molecular flexibility index (Phi) is 4.41. The lowest BCUT2D eigenvalue weighted by atomic mass is 9.91. The fourth-order valence-electron chi connectivity index (χ4n) is 2.95. The Labute approximate surface area is 111 Å². The molecule has 0 spiro atoms. The summed E-state index contributed by atoms with van der Waals surface area (Å²) in [5.74, 6) is 0.737. The lowest BCUT2D eigenvalue weighted by Crippen LogP contribution is -2.45. The molecule has 1 unspecified atom stereocenters. The summed E-state index contributed by atoms with van der Waals surface area (Å²) >= 11 is 0. The van der Waals surface area contributed by atoms with Crippen LogP contribution < -0.4 is 0 Å². The van der Waals surface area contributed by atoms with Crippen molar-refractivity contribution in [3.63, 3.8) is 0 Å². The summed E-state index contributed by atoms with van der Waals surface area (Å²) in [5, 5.41) is 9.55. The van der Waals surface area contributed by atoms with Gasteiger partial charge in [0.25, 0.3) is 0 Å². The molecule has 1 fully saturated rings. The van der Waals surface area contributed by atoms with Gasteiger partial charge >= 0.3 is 0 Å². The Morgan fingerprint density at radius 2 is 1.94 bits per heavy atom. The number of aliphatic hydroxyl groups excluding tert-OH is 1. The van der Waals surface area contributed by atoms with Crippen LogP contribution in [0.2, 0.25) is 0 Å². The van der Waals surface area contributed by atoms with E-state index in [1.165, 1.54) is 17.5 Å². The van der Waals surface area contributed by atoms with Gasteiger partial charge in [-0.2, -0.15) is 0 Å². The molecule has 1 saturated heterocycles. The Morgan fingerprint density at radius 3 is 2.56 bits per heavy atom. The van der Waals surface area contributed by atoms with Crippen LogP contribution in [0.3, 0.4) is 0 Å². The summed E-state index contributed by atoms with van der Waals surface area (Å²) in [4.78, 5) is 2.47. The molecule has 18 heavy (non-hydrogen) atoms. The normalized spacial score (nSPS) is 27.1. The van der Waals surface area contributed by atoms with Gasteiger partial charge in [0.05, 0.1) is 6.61 Å². The van der Waals surface area contributed by atoms with Gasteiger partial charge in [0, 0.05) is 18.6 Å². The van der Waals surface area contributed by atoms with Gasteiger partial charge < -0.3 is 5.11 Å². The van der Waals surface area contributed by atoms with E-state index in [-0.39, 0.29) is 6.61 Å². The second kappa shape index (κ2) is 5.85. The highest BCUT2D eigenvalue weighted by molar-refractivity contribution is 5.24. The molecular formula is C16H25NO. The molecule has 1 aromatic rings. The third-order valence-electron chi connectivity index (χ3n) is 4.25. The molecule has 0 bridgehead atoms. The van der Waals surface area contributed by atoms with Crippen molar-refractivity contribution in [3.05, 3.63) is 35.4 Å². The summed E-state index contributed by atoms with van der Waals surface area (Å²) in [6.45, 7) is 8.06. The standard InChI is InChI=1S/C16H25NO/c1-12-4-7-15(8-5-12)14(3)17-10-13(2)6-9-16(17)11-18/h4-5,7-8,13-14,16,18H,6,9-11H2,1-3H3/t13-,14?,16+/m1/s1. The first-order valence-electron chi connectivity index (χ1n) is 7.05. The molecule has 100 valence electrons. The van der Waals surface area contributed by atoms with E-state index in [0.29, 0.717) is 12.1 Å². The molecule has 2 nitrogen and oxygen atoms in total. The SMILES string of the molecule is Cc1ccc(C(C)N2C[C@H](C)CC[C@H]2CO)cc1. The van der Waals surface area contributed by atoms with Crippen LogP contribution in [0.4, 0.5) is 0 Å². The molecule has 1 aliphatic rings. The van der Waals surface area contributed by atoms with E-state index in [2.05, 4.69) is 49.9 Å². The van der Waals surface area contributed by atoms with Crippen LogP contribution in [0, 0.1) is 12.8 Å². The monoisotopic (exact) mass is 247 g/mol. The minimum atomic E-state index is 0.281.